The molecule has 104 valence electrons. The molecule has 1 aromatic carbocycles. The van der Waals surface area contributed by atoms with E-state index in [1.54, 1.807) is 19.9 Å². The van der Waals surface area contributed by atoms with Crippen LogP contribution in [0.25, 0.3) is 0 Å². The first-order valence-electron chi connectivity index (χ1n) is 6.06. The molecule has 0 bridgehead atoms. The lowest BCUT2D eigenvalue weighted by Gasteiger charge is -2.23. The molecule has 0 spiro atoms. The van der Waals surface area contributed by atoms with Crippen LogP contribution in [0, 0.1) is 5.82 Å². The Kier molecular flexibility index (Phi) is 5.29. The van der Waals surface area contributed by atoms with E-state index >= 15 is 0 Å². The van der Waals surface area contributed by atoms with Gasteiger partial charge in [-0.3, -0.25) is 4.90 Å². The summed E-state index contributed by atoms with van der Waals surface area (Å²) in [5.74, 6) is -1.54. The van der Waals surface area contributed by atoms with Gasteiger partial charge in [0.25, 0.3) is 0 Å². The number of halogens is 1. The molecule has 0 saturated carbocycles. The normalized spacial score (nSPS) is 11.7. The molecule has 5 nitrogen and oxygen atoms in total. The van der Waals surface area contributed by atoms with Crippen LogP contribution in [-0.4, -0.2) is 29.7 Å². The molecule has 19 heavy (non-hydrogen) atoms. The van der Waals surface area contributed by atoms with Crippen LogP contribution in [0.2, 0.25) is 0 Å². The van der Waals surface area contributed by atoms with Gasteiger partial charge in [-0.2, -0.15) is 0 Å². The summed E-state index contributed by atoms with van der Waals surface area (Å²) >= 11 is 0. The monoisotopic (exact) mass is 268 g/mol. The second-order valence-electron chi connectivity index (χ2n) is 3.97. The lowest BCUT2D eigenvalue weighted by Crippen LogP contribution is -2.47. The maximum Gasteiger partial charge on any atom is 0.326 e. The first kappa shape index (κ1) is 14.9. The highest BCUT2D eigenvalue weighted by molar-refractivity contribution is 5.94. The van der Waals surface area contributed by atoms with Crippen molar-refractivity contribution in [2.75, 3.05) is 11.4 Å². The highest BCUT2D eigenvalue weighted by Crippen LogP contribution is 2.15. The Morgan fingerprint density at radius 1 is 1.42 bits per heavy atom. The summed E-state index contributed by atoms with van der Waals surface area (Å²) in [5.41, 5.74) is 0.389. The Morgan fingerprint density at radius 2 is 2.11 bits per heavy atom. The average molecular weight is 268 g/mol. The fraction of sp³-hybridized carbons (Fsp3) is 0.385. The number of benzene rings is 1. The first-order chi connectivity index (χ1) is 8.99. The van der Waals surface area contributed by atoms with Gasteiger partial charge in [0.15, 0.2) is 0 Å². The Bertz CT molecular complexity index is 465. The Morgan fingerprint density at radius 3 is 2.58 bits per heavy atom. The Balaban J connectivity index is 2.85. The number of hydrogen-bond donors (Lipinski definition) is 2. The van der Waals surface area contributed by atoms with Gasteiger partial charge in [0.05, 0.1) is 0 Å². The van der Waals surface area contributed by atoms with Crippen molar-refractivity contribution in [3.63, 3.8) is 0 Å². The smallest absolute Gasteiger partial charge is 0.326 e. The molecule has 1 rings (SSSR count). The van der Waals surface area contributed by atoms with Crippen molar-refractivity contribution in [3.05, 3.63) is 30.1 Å². The zero-order valence-electron chi connectivity index (χ0n) is 10.9. The molecule has 0 fully saturated rings. The predicted octanol–water partition coefficient (Wildman–Crippen LogP) is 2.22. The molecule has 0 aliphatic rings. The van der Waals surface area contributed by atoms with Gasteiger partial charge in [-0.25, -0.2) is 14.0 Å². The number of hydrogen-bond acceptors (Lipinski definition) is 2. The minimum atomic E-state index is -1.09. The van der Waals surface area contributed by atoms with Crippen molar-refractivity contribution in [1.82, 2.24) is 5.32 Å². The summed E-state index contributed by atoms with van der Waals surface area (Å²) in [6.07, 6.45) is 0.280. The third-order valence-electron chi connectivity index (χ3n) is 2.69. The lowest BCUT2D eigenvalue weighted by atomic mass is 10.2. The molecular weight excluding hydrogens is 251 g/mol. The van der Waals surface area contributed by atoms with Crippen molar-refractivity contribution in [2.24, 2.45) is 0 Å². The molecule has 6 heteroatoms. The number of nitrogens with zero attached hydrogens (tertiary/aromatic N) is 1. The van der Waals surface area contributed by atoms with Gasteiger partial charge in [-0.05, 0) is 31.5 Å². The van der Waals surface area contributed by atoms with Crippen LogP contribution in [-0.2, 0) is 4.79 Å². The van der Waals surface area contributed by atoms with E-state index in [0.29, 0.717) is 12.2 Å². The zero-order chi connectivity index (χ0) is 14.4. The van der Waals surface area contributed by atoms with E-state index in [0.717, 1.165) is 0 Å². The summed E-state index contributed by atoms with van der Waals surface area (Å²) in [5, 5.41) is 11.3. The van der Waals surface area contributed by atoms with Crippen molar-refractivity contribution in [1.29, 1.82) is 0 Å². The van der Waals surface area contributed by atoms with Crippen molar-refractivity contribution in [3.8, 4) is 0 Å². The predicted molar refractivity (Wildman–Crippen MR) is 69.7 cm³/mol. The highest BCUT2D eigenvalue weighted by atomic mass is 19.1. The van der Waals surface area contributed by atoms with Crippen molar-refractivity contribution in [2.45, 2.75) is 26.3 Å². The number of rotatable bonds is 5. The molecule has 1 atom stereocenters. The van der Waals surface area contributed by atoms with Crippen LogP contribution >= 0.6 is 0 Å². The number of amides is 2. The summed E-state index contributed by atoms with van der Waals surface area (Å²) in [6.45, 7) is 3.70. The third-order valence-corrected chi connectivity index (χ3v) is 2.69. The number of aliphatic carboxylic acids is 1. The molecule has 0 saturated heterocycles. The van der Waals surface area contributed by atoms with Gasteiger partial charge < -0.3 is 10.4 Å². The largest absolute Gasteiger partial charge is 0.480 e. The van der Waals surface area contributed by atoms with E-state index in [1.165, 1.54) is 23.1 Å². The van der Waals surface area contributed by atoms with Crippen LogP contribution in [0.1, 0.15) is 20.3 Å². The molecule has 2 amide bonds. The van der Waals surface area contributed by atoms with Gasteiger partial charge in [0.2, 0.25) is 0 Å². The van der Waals surface area contributed by atoms with Crippen molar-refractivity contribution >= 4 is 17.7 Å². The van der Waals surface area contributed by atoms with Gasteiger partial charge in [-0.1, -0.05) is 13.0 Å². The van der Waals surface area contributed by atoms with Gasteiger partial charge >= 0.3 is 12.0 Å². The molecule has 2 N–H and O–H groups in total. The van der Waals surface area contributed by atoms with Crippen LogP contribution in [0.15, 0.2) is 24.3 Å². The first-order valence-corrected chi connectivity index (χ1v) is 6.06. The molecule has 1 aromatic rings. The van der Waals surface area contributed by atoms with Crippen LogP contribution < -0.4 is 10.2 Å². The van der Waals surface area contributed by atoms with E-state index in [1.807, 2.05) is 0 Å². The number of carbonyl (C=O) groups is 2. The molecule has 0 aromatic heterocycles. The standard InChI is InChI=1S/C13H17FN2O3/c1-3-11(12(17)18)15-13(19)16(4-2)10-7-5-6-9(14)8-10/h5-8,11H,3-4H2,1-2H3,(H,15,19)(H,17,18)/t11-/m0/s1. The highest BCUT2D eigenvalue weighted by Gasteiger charge is 2.21. The summed E-state index contributed by atoms with van der Waals surface area (Å²) < 4.78 is 13.1. The van der Waals surface area contributed by atoms with Gasteiger partial charge in [0, 0.05) is 12.2 Å². The molecular formula is C13H17FN2O3. The fourth-order valence-corrected chi connectivity index (χ4v) is 1.65. The third kappa shape index (κ3) is 3.94. The lowest BCUT2D eigenvalue weighted by molar-refractivity contribution is -0.139. The van der Waals surface area contributed by atoms with E-state index < -0.39 is 23.9 Å². The molecule has 0 radical (unpaired) electrons. The SMILES string of the molecule is CC[C@H](NC(=O)N(CC)c1cccc(F)c1)C(=O)O. The number of carboxylic acid groups (broad SMARTS) is 1. The van der Waals surface area contributed by atoms with Crippen LogP contribution in [0.4, 0.5) is 14.9 Å². The van der Waals surface area contributed by atoms with E-state index in [4.69, 9.17) is 5.11 Å². The number of carbonyl (C=O) groups excluding carboxylic acids is 1. The van der Waals surface area contributed by atoms with E-state index in [2.05, 4.69) is 5.32 Å². The molecule has 0 unspecified atom stereocenters. The minimum Gasteiger partial charge on any atom is -0.480 e. The van der Waals surface area contributed by atoms with Crippen LogP contribution in [0.5, 0.6) is 0 Å². The summed E-state index contributed by atoms with van der Waals surface area (Å²) in [6, 6.07) is 4.09. The Labute approximate surface area is 111 Å². The minimum absolute atomic E-state index is 0.280. The van der Waals surface area contributed by atoms with Crippen LogP contribution in [0.3, 0.4) is 0 Å². The quantitative estimate of drug-likeness (QED) is 0.860. The maximum absolute atomic E-state index is 13.1. The average Bonchev–Trinajstić information content (AvgIpc) is 2.36. The number of urea groups is 1. The zero-order valence-corrected chi connectivity index (χ0v) is 10.9. The fourth-order valence-electron chi connectivity index (χ4n) is 1.65. The Hall–Kier alpha value is -2.11. The number of carboxylic acids is 1. The summed E-state index contributed by atoms with van der Waals surface area (Å²) in [4.78, 5) is 24.1. The molecule has 0 aliphatic heterocycles. The topological polar surface area (TPSA) is 69.6 Å². The van der Waals surface area contributed by atoms with E-state index in [-0.39, 0.29) is 6.42 Å². The van der Waals surface area contributed by atoms with E-state index in [9.17, 15) is 14.0 Å². The molecule has 0 aliphatic carbocycles. The van der Waals surface area contributed by atoms with Gasteiger partial charge in [0.1, 0.15) is 11.9 Å². The molecule has 0 heterocycles. The second kappa shape index (κ2) is 6.72. The maximum atomic E-state index is 13.1. The number of anilines is 1. The summed E-state index contributed by atoms with van der Waals surface area (Å²) in [7, 11) is 0. The number of nitrogens with one attached hydrogen (secondary N) is 1. The second-order valence-corrected chi connectivity index (χ2v) is 3.97. The van der Waals surface area contributed by atoms with Gasteiger partial charge in [-0.15, -0.1) is 0 Å². The van der Waals surface area contributed by atoms with Crippen molar-refractivity contribution < 1.29 is 19.1 Å².